The molecule has 0 atom stereocenters. The van der Waals surface area contributed by atoms with Crippen molar-refractivity contribution in [1.82, 2.24) is 4.98 Å². The Morgan fingerprint density at radius 1 is 1.24 bits per heavy atom. The van der Waals surface area contributed by atoms with Gasteiger partial charge in [-0.1, -0.05) is 29.3 Å². The molecule has 1 aromatic heterocycles. The summed E-state index contributed by atoms with van der Waals surface area (Å²) in [7, 11) is 0. The summed E-state index contributed by atoms with van der Waals surface area (Å²) in [5.41, 5.74) is 1.45. The Hall–Kier alpha value is -1.29. The average Bonchev–Trinajstić information content (AvgIpc) is 2.30. The third-order valence-corrected chi connectivity index (χ3v) is 3.04. The molecule has 0 amide bonds. The van der Waals surface area contributed by atoms with E-state index in [4.69, 9.17) is 23.2 Å². The van der Waals surface area contributed by atoms with Crippen LogP contribution in [0.1, 0.15) is 5.56 Å². The van der Waals surface area contributed by atoms with Gasteiger partial charge in [0.15, 0.2) is 0 Å². The lowest BCUT2D eigenvalue weighted by atomic mass is 10.0. The zero-order chi connectivity index (χ0) is 12.4. The number of halogens is 2. The van der Waals surface area contributed by atoms with Crippen LogP contribution >= 0.6 is 23.2 Å². The first-order valence-corrected chi connectivity index (χ1v) is 5.66. The third-order valence-electron chi connectivity index (χ3n) is 2.41. The standard InChI is InChI=1S/C12H9Cl2NO2/c13-9-2-1-3-10(14)12(9)8-5-15-11(17)4-7(8)6-16/h1-5,16H,6H2,(H,15,17). The molecule has 17 heavy (non-hydrogen) atoms. The number of rotatable bonds is 2. The molecule has 0 bridgehead atoms. The molecule has 2 aromatic rings. The first-order chi connectivity index (χ1) is 8.13. The Morgan fingerprint density at radius 3 is 2.47 bits per heavy atom. The van der Waals surface area contributed by atoms with Crippen LogP contribution < -0.4 is 5.56 Å². The molecule has 0 saturated carbocycles. The summed E-state index contributed by atoms with van der Waals surface area (Å²) in [5, 5.41) is 10.2. The maximum Gasteiger partial charge on any atom is 0.248 e. The van der Waals surface area contributed by atoms with Crippen LogP contribution in [0.2, 0.25) is 10.0 Å². The minimum Gasteiger partial charge on any atom is -0.392 e. The number of hydrogen-bond acceptors (Lipinski definition) is 2. The number of aromatic nitrogens is 1. The van der Waals surface area contributed by atoms with Gasteiger partial charge in [0.05, 0.1) is 6.61 Å². The Bertz CT molecular complexity index is 587. The minimum absolute atomic E-state index is 0.249. The van der Waals surface area contributed by atoms with Gasteiger partial charge in [-0.3, -0.25) is 4.79 Å². The smallest absolute Gasteiger partial charge is 0.248 e. The van der Waals surface area contributed by atoms with E-state index in [-0.39, 0.29) is 12.2 Å². The number of pyridine rings is 1. The second-order valence-corrected chi connectivity index (χ2v) is 4.31. The van der Waals surface area contributed by atoms with Crippen LogP contribution in [0.4, 0.5) is 0 Å². The summed E-state index contributed by atoms with van der Waals surface area (Å²) < 4.78 is 0. The van der Waals surface area contributed by atoms with E-state index in [0.717, 1.165) is 0 Å². The van der Waals surface area contributed by atoms with E-state index >= 15 is 0 Å². The van der Waals surface area contributed by atoms with Crippen molar-refractivity contribution in [2.75, 3.05) is 0 Å². The van der Waals surface area contributed by atoms with E-state index < -0.39 is 0 Å². The van der Waals surface area contributed by atoms with Gasteiger partial charge < -0.3 is 10.1 Å². The first-order valence-electron chi connectivity index (χ1n) is 4.90. The molecule has 0 fully saturated rings. The van der Waals surface area contributed by atoms with Gasteiger partial charge in [0.25, 0.3) is 0 Å². The Kier molecular flexibility index (Phi) is 3.52. The van der Waals surface area contributed by atoms with E-state index in [1.165, 1.54) is 12.3 Å². The molecule has 1 aromatic carbocycles. The van der Waals surface area contributed by atoms with E-state index in [1.807, 2.05) is 0 Å². The van der Waals surface area contributed by atoms with E-state index in [2.05, 4.69) is 4.98 Å². The SMILES string of the molecule is O=c1cc(CO)c(-c2c(Cl)cccc2Cl)c[nH]1. The molecular formula is C12H9Cl2NO2. The lowest BCUT2D eigenvalue weighted by molar-refractivity contribution is 0.282. The highest BCUT2D eigenvalue weighted by molar-refractivity contribution is 6.39. The van der Waals surface area contributed by atoms with Crippen LogP contribution in [0.25, 0.3) is 11.1 Å². The number of aliphatic hydroxyl groups is 1. The van der Waals surface area contributed by atoms with Crippen molar-refractivity contribution in [2.45, 2.75) is 6.61 Å². The van der Waals surface area contributed by atoms with E-state index in [0.29, 0.717) is 26.7 Å². The summed E-state index contributed by atoms with van der Waals surface area (Å²) in [6.07, 6.45) is 1.50. The summed E-state index contributed by atoms with van der Waals surface area (Å²) >= 11 is 12.1. The molecule has 3 nitrogen and oxygen atoms in total. The zero-order valence-corrected chi connectivity index (χ0v) is 10.2. The molecule has 5 heteroatoms. The van der Waals surface area contributed by atoms with Gasteiger partial charge in [0.2, 0.25) is 5.56 Å². The molecule has 2 N–H and O–H groups in total. The predicted octanol–water partition coefficient (Wildman–Crippen LogP) is 2.84. The van der Waals surface area contributed by atoms with Crippen molar-refractivity contribution < 1.29 is 5.11 Å². The molecule has 0 aliphatic heterocycles. The van der Waals surface area contributed by atoms with Crippen LogP contribution in [-0.2, 0) is 6.61 Å². The van der Waals surface area contributed by atoms with Gasteiger partial charge in [-0.05, 0) is 17.7 Å². The van der Waals surface area contributed by atoms with Gasteiger partial charge in [0.1, 0.15) is 0 Å². The van der Waals surface area contributed by atoms with Crippen molar-refractivity contribution in [3.05, 3.63) is 56.4 Å². The quantitative estimate of drug-likeness (QED) is 0.881. The molecule has 2 rings (SSSR count). The van der Waals surface area contributed by atoms with Crippen molar-refractivity contribution in [3.8, 4) is 11.1 Å². The molecule has 0 aliphatic carbocycles. The number of benzene rings is 1. The zero-order valence-electron chi connectivity index (χ0n) is 8.71. The molecule has 0 radical (unpaired) electrons. The van der Waals surface area contributed by atoms with E-state index in [1.54, 1.807) is 18.2 Å². The molecule has 0 unspecified atom stereocenters. The number of aromatic amines is 1. The fraction of sp³-hybridized carbons (Fsp3) is 0.0833. The predicted molar refractivity (Wildman–Crippen MR) is 68.4 cm³/mol. The summed E-state index contributed by atoms with van der Waals surface area (Å²) in [4.78, 5) is 13.7. The Labute approximate surface area is 108 Å². The van der Waals surface area contributed by atoms with Gasteiger partial charge in [-0.25, -0.2) is 0 Å². The lowest BCUT2D eigenvalue weighted by Gasteiger charge is -2.10. The third kappa shape index (κ3) is 2.36. The fourth-order valence-electron chi connectivity index (χ4n) is 1.63. The maximum absolute atomic E-state index is 11.2. The van der Waals surface area contributed by atoms with Crippen LogP contribution in [0.3, 0.4) is 0 Å². The fourth-order valence-corrected chi connectivity index (χ4v) is 2.23. The number of aliphatic hydroxyl groups excluding tert-OH is 1. The highest BCUT2D eigenvalue weighted by atomic mass is 35.5. The molecular weight excluding hydrogens is 261 g/mol. The lowest BCUT2D eigenvalue weighted by Crippen LogP contribution is -2.06. The van der Waals surface area contributed by atoms with Crippen molar-refractivity contribution >= 4 is 23.2 Å². The van der Waals surface area contributed by atoms with Crippen molar-refractivity contribution in [2.24, 2.45) is 0 Å². The van der Waals surface area contributed by atoms with Crippen LogP contribution in [0.15, 0.2) is 35.3 Å². The number of nitrogens with one attached hydrogen (secondary N) is 1. The second-order valence-electron chi connectivity index (χ2n) is 3.49. The maximum atomic E-state index is 11.2. The van der Waals surface area contributed by atoms with Crippen molar-refractivity contribution in [3.63, 3.8) is 0 Å². The molecule has 0 spiro atoms. The topological polar surface area (TPSA) is 53.1 Å². The van der Waals surface area contributed by atoms with Crippen LogP contribution in [0, 0.1) is 0 Å². The van der Waals surface area contributed by atoms with Crippen molar-refractivity contribution in [1.29, 1.82) is 0 Å². The van der Waals surface area contributed by atoms with E-state index in [9.17, 15) is 9.90 Å². The normalized spacial score (nSPS) is 10.5. The molecule has 0 aliphatic rings. The molecule has 1 heterocycles. The van der Waals surface area contributed by atoms with Gasteiger partial charge in [-0.15, -0.1) is 0 Å². The highest BCUT2D eigenvalue weighted by Crippen LogP contribution is 2.35. The van der Waals surface area contributed by atoms with Gasteiger partial charge in [0, 0.05) is 33.4 Å². The highest BCUT2D eigenvalue weighted by Gasteiger charge is 2.12. The first kappa shape index (κ1) is 12.2. The Balaban J connectivity index is 2.72. The minimum atomic E-state index is -0.277. The molecule has 88 valence electrons. The van der Waals surface area contributed by atoms with Crippen LogP contribution in [0.5, 0.6) is 0 Å². The van der Waals surface area contributed by atoms with Crippen LogP contribution in [-0.4, -0.2) is 10.1 Å². The number of hydrogen-bond donors (Lipinski definition) is 2. The number of H-pyrrole nitrogens is 1. The second kappa shape index (κ2) is 4.92. The van der Waals surface area contributed by atoms with Gasteiger partial charge >= 0.3 is 0 Å². The summed E-state index contributed by atoms with van der Waals surface area (Å²) in [6.45, 7) is -0.249. The largest absolute Gasteiger partial charge is 0.392 e. The van der Waals surface area contributed by atoms with Gasteiger partial charge in [-0.2, -0.15) is 0 Å². The average molecular weight is 270 g/mol. The Morgan fingerprint density at radius 2 is 1.88 bits per heavy atom. The molecule has 0 saturated heterocycles. The summed E-state index contributed by atoms with van der Waals surface area (Å²) in [5.74, 6) is 0. The summed E-state index contributed by atoms with van der Waals surface area (Å²) in [6, 6.07) is 6.47. The monoisotopic (exact) mass is 269 g/mol.